The van der Waals surface area contributed by atoms with Crippen molar-refractivity contribution in [3.8, 4) is 5.75 Å². The average molecular weight is 381 g/mol. The first-order valence-electron chi connectivity index (χ1n) is 6.83. The summed E-state index contributed by atoms with van der Waals surface area (Å²) in [6.07, 6.45) is -11.7. The fourth-order valence-electron chi connectivity index (χ4n) is 2.43. The fraction of sp³-hybridized carbons (Fsp3) is 0.500. The van der Waals surface area contributed by atoms with Crippen LogP contribution in [0.5, 0.6) is 5.75 Å². The van der Waals surface area contributed by atoms with Gasteiger partial charge in [0.15, 0.2) is 0 Å². The molecular formula is C12H16NO11P. The molecule has 25 heavy (non-hydrogen) atoms. The van der Waals surface area contributed by atoms with Gasteiger partial charge in [0.1, 0.15) is 36.3 Å². The molecule has 0 saturated heterocycles. The summed E-state index contributed by atoms with van der Waals surface area (Å²) in [5.41, 5.74) is -0.356. The van der Waals surface area contributed by atoms with Gasteiger partial charge >= 0.3 is 7.60 Å². The number of benzene rings is 1. The lowest BCUT2D eigenvalue weighted by Gasteiger charge is -2.47. The van der Waals surface area contributed by atoms with Gasteiger partial charge in [0.2, 0.25) is 5.34 Å². The molecule has 7 atom stereocenters. The van der Waals surface area contributed by atoms with Crippen LogP contribution in [0.3, 0.4) is 0 Å². The van der Waals surface area contributed by atoms with Crippen LogP contribution in [0.2, 0.25) is 0 Å². The lowest BCUT2D eigenvalue weighted by molar-refractivity contribution is -0.384. The van der Waals surface area contributed by atoms with E-state index in [-0.39, 0.29) is 5.69 Å². The molecule has 1 aromatic rings. The normalized spacial score (nSPS) is 38.0. The van der Waals surface area contributed by atoms with Gasteiger partial charge in [-0.2, -0.15) is 0 Å². The van der Waals surface area contributed by atoms with Crippen LogP contribution >= 0.6 is 7.60 Å². The number of hydrogen-bond donors (Lipinski definition) is 7. The van der Waals surface area contributed by atoms with E-state index in [0.717, 1.165) is 24.3 Å². The summed E-state index contributed by atoms with van der Waals surface area (Å²) in [5.74, 6) is -0.431. The Morgan fingerprint density at radius 1 is 1.00 bits per heavy atom. The largest absolute Gasteiger partial charge is 0.423 e. The number of aliphatic hydroxyl groups is 6. The summed E-state index contributed by atoms with van der Waals surface area (Å²) in [6, 6.07) is 3.71. The fourth-order valence-corrected chi connectivity index (χ4v) is 3.96. The van der Waals surface area contributed by atoms with Crippen molar-refractivity contribution in [2.75, 3.05) is 0 Å². The zero-order valence-corrected chi connectivity index (χ0v) is 13.2. The Balaban J connectivity index is 2.36. The van der Waals surface area contributed by atoms with E-state index in [9.17, 15) is 50.2 Å². The number of nitro benzene ring substituents is 1. The zero-order chi connectivity index (χ0) is 19.2. The third kappa shape index (κ3) is 3.14. The molecule has 0 bridgehead atoms. The molecular weight excluding hydrogens is 365 g/mol. The van der Waals surface area contributed by atoms with Gasteiger partial charge < -0.3 is 40.1 Å². The third-order valence-electron chi connectivity index (χ3n) is 3.95. The van der Waals surface area contributed by atoms with E-state index in [1.165, 1.54) is 0 Å². The zero-order valence-electron chi connectivity index (χ0n) is 12.4. The Labute approximate surface area is 139 Å². The first-order chi connectivity index (χ1) is 11.4. The number of nitrogens with zero attached hydrogens (tertiary/aromatic N) is 1. The Hall–Kier alpha value is -1.63. The number of nitro groups is 1. The summed E-state index contributed by atoms with van der Waals surface area (Å²) in [7, 11) is -5.40. The smallest absolute Gasteiger partial charge is 0.413 e. The molecule has 2 rings (SSSR count). The highest BCUT2D eigenvalue weighted by molar-refractivity contribution is 7.55. The number of non-ortho nitro benzene ring substituents is 1. The van der Waals surface area contributed by atoms with Crippen LogP contribution in [0, 0.1) is 10.1 Å². The molecule has 1 unspecified atom stereocenters. The summed E-state index contributed by atoms with van der Waals surface area (Å²) >= 11 is 0. The maximum atomic E-state index is 12.4. The Kier molecular flexibility index (Phi) is 5.19. The second kappa shape index (κ2) is 6.59. The van der Waals surface area contributed by atoms with Gasteiger partial charge in [-0.15, -0.1) is 0 Å². The Bertz CT molecular complexity index is 679. The summed E-state index contributed by atoms with van der Waals surface area (Å²) < 4.78 is 17.1. The predicted molar refractivity (Wildman–Crippen MR) is 78.5 cm³/mol. The molecule has 13 heteroatoms. The predicted octanol–water partition coefficient (Wildman–Crippen LogP) is -2.33. The minimum atomic E-state index is -5.40. The van der Waals surface area contributed by atoms with E-state index in [4.69, 9.17) is 0 Å². The van der Waals surface area contributed by atoms with Crippen molar-refractivity contribution in [2.24, 2.45) is 0 Å². The molecule has 1 aromatic carbocycles. The van der Waals surface area contributed by atoms with E-state index < -0.39 is 54.1 Å². The lowest BCUT2D eigenvalue weighted by atomic mass is 9.84. The Morgan fingerprint density at radius 3 is 1.84 bits per heavy atom. The van der Waals surface area contributed by atoms with Gasteiger partial charge in [-0.25, -0.2) is 4.57 Å². The molecule has 140 valence electrons. The molecule has 1 fully saturated rings. The van der Waals surface area contributed by atoms with Gasteiger partial charge in [0.25, 0.3) is 5.69 Å². The number of aliphatic hydroxyl groups excluding tert-OH is 5. The van der Waals surface area contributed by atoms with Crippen LogP contribution in [0.4, 0.5) is 5.69 Å². The van der Waals surface area contributed by atoms with Crippen LogP contribution < -0.4 is 4.52 Å². The highest BCUT2D eigenvalue weighted by atomic mass is 31.2. The van der Waals surface area contributed by atoms with E-state index in [0.29, 0.717) is 0 Å². The standard InChI is InChI=1S/C12H16NO11P/c14-7-8(15)10(17)12(19,11(18)9(7)16)25(22,23)24-6-3-1-5(2-4-6)13(20)21/h1-4,7-11,14-19H,(H,22,23)/t7-,8-,9+,10-,11-,12+/m1/s1. The minimum absolute atomic E-state index is 0.356. The second-order valence-corrected chi connectivity index (χ2v) is 7.45. The van der Waals surface area contributed by atoms with Crippen molar-refractivity contribution in [1.29, 1.82) is 0 Å². The Morgan fingerprint density at radius 2 is 1.44 bits per heavy atom. The molecule has 0 radical (unpaired) electrons. The molecule has 1 aliphatic carbocycles. The first kappa shape index (κ1) is 19.7. The molecule has 1 aliphatic rings. The van der Waals surface area contributed by atoms with Gasteiger partial charge in [-0.05, 0) is 12.1 Å². The van der Waals surface area contributed by atoms with E-state index in [2.05, 4.69) is 4.52 Å². The molecule has 0 heterocycles. The lowest BCUT2D eigenvalue weighted by Crippen LogP contribution is -2.70. The van der Waals surface area contributed by atoms with Crippen molar-refractivity contribution in [3.63, 3.8) is 0 Å². The summed E-state index contributed by atoms with van der Waals surface area (Å²) in [6.45, 7) is 0. The van der Waals surface area contributed by atoms with Crippen molar-refractivity contribution in [2.45, 2.75) is 35.9 Å². The van der Waals surface area contributed by atoms with Gasteiger partial charge in [0, 0.05) is 12.1 Å². The van der Waals surface area contributed by atoms with E-state index >= 15 is 0 Å². The summed E-state index contributed by atoms with van der Waals surface area (Å²) in [4.78, 5) is 19.8. The van der Waals surface area contributed by atoms with Crippen molar-refractivity contribution in [1.82, 2.24) is 0 Å². The molecule has 0 spiro atoms. The van der Waals surface area contributed by atoms with Crippen LogP contribution in [0.15, 0.2) is 24.3 Å². The third-order valence-corrected chi connectivity index (χ3v) is 5.84. The van der Waals surface area contributed by atoms with E-state index in [1.54, 1.807) is 0 Å². The monoisotopic (exact) mass is 381 g/mol. The SMILES string of the molecule is O=[N+]([O-])c1ccc(OP(=O)(O)[C@@]2(O)[C@H](O)[C@H](O)[C@@H](O)[C@H](O)[C@H]2O)cc1. The highest BCUT2D eigenvalue weighted by Crippen LogP contribution is 2.59. The average Bonchev–Trinajstić information content (AvgIpc) is 2.56. The molecule has 12 nitrogen and oxygen atoms in total. The van der Waals surface area contributed by atoms with Crippen LogP contribution in [-0.2, 0) is 4.57 Å². The van der Waals surface area contributed by atoms with Gasteiger partial charge in [-0.1, -0.05) is 0 Å². The van der Waals surface area contributed by atoms with Crippen LogP contribution in [0.25, 0.3) is 0 Å². The van der Waals surface area contributed by atoms with Crippen LogP contribution in [-0.4, -0.2) is 76.3 Å². The maximum absolute atomic E-state index is 12.4. The first-order valence-corrected chi connectivity index (χ1v) is 8.41. The molecule has 0 aromatic heterocycles. The topological polar surface area (TPSA) is 211 Å². The molecule has 0 aliphatic heterocycles. The number of hydrogen-bond acceptors (Lipinski definition) is 10. The second-order valence-electron chi connectivity index (χ2n) is 5.51. The molecule has 7 N–H and O–H groups in total. The minimum Gasteiger partial charge on any atom is -0.423 e. The molecule has 0 amide bonds. The van der Waals surface area contributed by atoms with Crippen molar-refractivity contribution < 1.29 is 49.5 Å². The molecule has 1 saturated carbocycles. The number of rotatable bonds is 4. The quantitative estimate of drug-likeness (QED) is 0.167. The van der Waals surface area contributed by atoms with Crippen LogP contribution in [0.1, 0.15) is 0 Å². The summed E-state index contributed by atoms with van der Waals surface area (Å²) in [5, 5.41) is 65.8. The maximum Gasteiger partial charge on any atom is 0.413 e. The van der Waals surface area contributed by atoms with Crippen molar-refractivity contribution >= 4 is 13.3 Å². The van der Waals surface area contributed by atoms with Gasteiger partial charge in [0.05, 0.1) is 4.92 Å². The van der Waals surface area contributed by atoms with E-state index in [1.807, 2.05) is 0 Å². The van der Waals surface area contributed by atoms with Gasteiger partial charge in [-0.3, -0.25) is 10.1 Å². The highest BCUT2D eigenvalue weighted by Gasteiger charge is 2.68. The van der Waals surface area contributed by atoms with Crippen molar-refractivity contribution in [3.05, 3.63) is 34.4 Å².